The second kappa shape index (κ2) is 14.0. The summed E-state index contributed by atoms with van der Waals surface area (Å²) in [7, 11) is -2.95. The highest BCUT2D eigenvalue weighted by molar-refractivity contribution is 7.99. The van der Waals surface area contributed by atoms with Crippen LogP contribution in [0.1, 0.15) is 44.4 Å². The van der Waals surface area contributed by atoms with Crippen LogP contribution in [0, 0.1) is 34.6 Å². The number of rotatable bonds is 12. The highest BCUT2D eigenvalue weighted by atomic mass is 32.2. The van der Waals surface area contributed by atoms with Gasteiger partial charge in [0.15, 0.2) is 32.4 Å². The average Bonchev–Trinajstić information content (AvgIpc) is 3.46. The molecule has 0 aliphatic carbocycles. The SMILES string of the molecule is COc1c(Nc2cc(C)[nH]n2)nc(Sc2ccc(S(=O)(=O)C(C)(C)c3cccc([N+](=O)[O-])c3F)cc2F)nc1N1CCC(CCO)CC1. The highest BCUT2D eigenvalue weighted by Crippen LogP contribution is 2.42. The number of H-pyrrole nitrogens is 1. The Morgan fingerprint density at radius 1 is 1.19 bits per heavy atom. The Labute approximate surface area is 280 Å². The van der Waals surface area contributed by atoms with Crippen molar-refractivity contribution in [2.45, 2.75) is 59.7 Å². The molecule has 1 aliphatic rings. The minimum Gasteiger partial charge on any atom is -0.490 e. The molecule has 13 nitrogen and oxygen atoms in total. The summed E-state index contributed by atoms with van der Waals surface area (Å²) < 4.78 is 61.9. The number of halogens is 2. The Hall–Kier alpha value is -4.35. The molecule has 2 aromatic carbocycles. The summed E-state index contributed by atoms with van der Waals surface area (Å²) in [5, 5.41) is 31.0. The largest absolute Gasteiger partial charge is 0.490 e. The number of nitro benzene ring substituents is 1. The Morgan fingerprint density at radius 2 is 1.92 bits per heavy atom. The number of piperidine rings is 1. The van der Waals surface area contributed by atoms with Crippen molar-refractivity contribution in [3.8, 4) is 5.75 Å². The van der Waals surface area contributed by atoms with Crippen LogP contribution in [0.4, 0.5) is 31.9 Å². The number of ether oxygens (including phenoxy) is 1. The molecule has 0 atom stereocenters. The van der Waals surface area contributed by atoms with Crippen molar-refractivity contribution in [1.29, 1.82) is 0 Å². The quantitative estimate of drug-likeness (QED) is 0.0905. The van der Waals surface area contributed by atoms with E-state index in [0.29, 0.717) is 42.8 Å². The predicted octanol–water partition coefficient (Wildman–Crippen LogP) is 5.91. The fourth-order valence-corrected chi connectivity index (χ4v) is 7.87. The van der Waals surface area contributed by atoms with Crippen LogP contribution in [0.5, 0.6) is 5.75 Å². The van der Waals surface area contributed by atoms with Crippen LogP contribution in [-0.4, -0.2) is 65.4 Å². The number of methoxy groups -OCH3 is 1. The molecule has 1 aliphatic heterocycles. The maximum absolute atomic E-state index is 15.7. The van der Waals surface area contributed by atoms with E-state index >= 15 is 8.78 Å². The number of anilines is 3. The van der Waals surface area contributed by atoms with Crippen molar-refractivity contribution in [3.63, 3.8) is 0 Å². The second-order valence-corrected chi connectivity index (χ2v) is 15.3. The number of nitro groups is 1. The van der Waals surface area contributed by atoms with Gasteiger partial charge in [-0.3, -0.25) is 15.2 Å². The van der Waals surface area contributed by atoms with Crippen molar-refractivity contribution < 1.29 is 32.0 Å². The first-order valence-corrected chi connectivity index (χ1v) is 17.3. The summed E-state index contributed by atoms with van der Waals surface area (Å²) in [6, 6.07) is 8.36. The second-order valence-electron chi connectivity index (χ2n) is 11.8. The van der Waals surface area contributed by atoms with Gasteiger partial charge in [-0.1, -0.05) is 12.1 Å². The Morgan fingerprint density at radius 3 is 2.52 bits per heavy atom. The van der Waals surface area contributed by atoms with Crippen LogP contribution < -0.4 is 15.0 Å². The number of hydrogen-bond donors (Lipinski definition) is 3. The van der Waals surface area contributed by atoms with Gasteiger partial charge in [0, 0.05) is 43.1 Å². The van der Waals surface area contributed by atoms with Gasteiger partial charge in [-0.15, -0.1) is 0 Å². The number of benzene rings is 2. The molecule has 0 spiro atoms. The minimum atomic E-state index is -4.45. The van der Waals surface area contributed by atoms with Crippen molar-refractivity contribution in [3.05, 3.63) is 75.5 Å². The van der Waals surface area contributed by atoms with Gasteiger partial charge in [-0.2, -0.15) is 9.49 Å². The minimum absolute atomic E-state index is 0.0209. The highest BCUT2D eigenvalue weighted by Gasteiger charge is 2.41. The monoisotopic (exact) mass is 703 g/mol. The third-order valence-corrected chi connectivity index (χ3v) is 11.7. The Bertz CT molecular complexity index is 1930. The lowest BCUT2D eigenvalue weighted by atomic mass is 9.94. The molecule has 2 aromatic heterocycles. The first-order valence-electron chi connectivity index (χ1n) is 15.0. The average molecular weight is 704 g/mol. The zero-order chi connectivity index (χ0) is 34.8. The molecule has 0 saturated carbocycles. The maximum atomic E-state index is 15.7. The molecule has 0 unspecified atom stereocenters. The van der Waals surface area contributed by atoms with Gasteiger partial charge in [0.25, 0.3) is 0 Å². The molecule has 1 saturated heterocycles. The molecule has 256 valence electrons. The van der Waals surface area contributed by atoms with Crippen molar-refractivity contribution in [1.82, 2.24) is 20.2 Å². The predicted molar refractivity (Wildman–Crippen MR) is 176 cm³/mol. The van der Waals surface area contributed by atoms with Gasteiger partial charge in [-0.05, 0) is 75.9 Å². The summed E-state index contributed by atoms with van der Waals surface area (Å²) in [6.07, 6.45) is 2.38. The number of nitrogens with zero attached hydrogens (tertiary/aromatic N) is 5. The fraction of sp³-hybridized carbons (Fsp3) is 0.387. The maximum Gasteiger partial charge on any atom is 0.305 e. The fourth-order valence-electron chi connectivity index (χ4n) is 5.57. The smallest absolute Gasteiger partial charge is 0.305 e. The molecular formula is C31H35F2N7O6S2. The van der Waals surface area contributed by atoms with E-state index in [0.717, 1.165) is 48.5 Å². The third-order valence-electron chi connectivity index (χ3n) is 8.35. The van der Waals surface area contributed by atoms with Gasteiger partial charge in [0.1, 0.15) is 5.82 Å². The van der Waals surface area contributed by atoms with E-state index in [1.807, 2.05) is 11.8 Å². The molecular weight excluding hydrogens is 669 g/mol. The van der Waals surface area contributed by atoms with E-state index in [2.05, 4.69) is 20.5 Å². The summed E-state index contributed by atoms with van der Waals surface area (Å²) in [4.78, 5) is 21.3. The zero-order valence-corrected chi connectivity index (χ0v) is 28.3. The van der Waals surface area contributed by atoms with Crippen molar-refractivity contribution in [2.24, 2.45) is 5.92 Å². The normalized spacial score (nSPS) is 14.3. The number of aryl methyl sites for hydroxylation is 1. The van der Waals surface area contributed by atoms with Crippen LogP contribution in [0.2, 0.25) is 0 Å². The van der Waals surface area contributed by atoms with Gasteiger partial charge in [0.2, 0.25) is 11.6 Å². The Balaban J connectivity index is 1.49. The van der Waals surface area contributed by atoms with Crippen LogP contribution in [0.3, 0.4) is 0 Å². The zero-order valence-electron chi connectivity index (χ0n) is 26.7. The van der Waals surface area contributed by atoms with Crippen molar-refractivity contribution in [2.75, 3.05) is 37.0 Å². The molecule has 3 N–H and O–H groups in total. The van der Waals surface area contributed by atoms with E-state index in [1.165, 1.54) is 39.2 Å². The number of aliphatic hydroxyl groups is 1. The third kappa shape index (κ3) is 6.93. The van der Waals surface area contributed by atoms with Crippen LogP contribution in [-0.2, 0) is 14.6 Å². The number of aromatic nitrogens is 4. The lowest BCUT2D eigenvalue weighted by Crippen LogP contribution is -2.35. The number of aromatic amines is 1. The topological polar surface area (TPSA) is 176 Å². The lowest BCUT2D eigenvalue weighted by molar-refractivity contribution is -0.387. The summed E-state index contributed by atoms with van der Waals surface area (Å²) in [6.45, 7) is 5.66. The van der Waals surface area contributed by atoms with Gasteiger partial charge >= 0.3 is 5.69 Å². The number of aliphatic hydroxyl groups excluding tert-OH is 1. The van der Waals surface area contributed by atoms with Crippen LogP contribution in [0.15, 0.2) is 57.4 Å². The van der Waals surface area contributed by atoms with E-state index < -0.39 is 47.3 Å². The van der Waals surface area contributed by atoms with E-state index in [1.54, 1.807) is 6.07 Å². The lowest BCUT2D eigenvalue weighted by Gasteiger charge is -2.33. The molecule has 4 aromatic rings. The summed E-state index contributed by atoms with van der Waals surface area (Å²) >= 11 is 0.870. The van der Waals surface area contributed by atoms with E-state index in [4.69, 9.17) is 9.72 Å². The summed E-state index contributed by atoms with van der Waals surface area (Å²) in [5.41, 5.74) is -0.472. The van der Waals surface area contributed by atoms with Gasteiger partial charge in [-0.25, -0.2) is 22.8 Å². The van der Waals surface area contributed by atoms with E-state index in [-0.39, 0.29) is 22.5 Å². The van der Waals surface area contributed by atoms with Crippen molar-refractivity contribution >= 4 is 44.7 Å². The first-order chi connectivity index (χ1) is 22.8. The van der Waals surface area contributed by atoms with Crippen LogP contribution >= 0.6 is 11.8 Å². The molecule has 0 amide bonds. The Kier molecular flexibility index (Phi) is 10.2. The molecule has 1 fully saturated rings. The molecule has 3 heterocycles. The van der Waals surface area contributed by atoms with E-state index in [9.17, 15) is 23.6 Å². The first kappa shape index (κ1) is 35.0. The number of sulfone groups is 1. The van der Waals surface area contributed by atoms with Gasteiger partial charge < -0.3 is 20.1 Å². The number of nitrogens with one attached hydrogen (secondary N) is 2. The molecule has 0 radical (unpaired) electrons. The van der Waals surface area contributed by atoms with Crippen LogP contribution in [0.25, 0.3) is 0 Å². The molecule has 0 bridgehead atoms. The molecule has 5 rings (SSSR count). The molecule has 48 heavy (non-hydrogen) atoms. The standard InChI is InChI=1S/C31H35F2N7O6S2/c1-18-16-25(38-37-18)34-28-27(46-4)29(39-13-10-19(11-14-39)12-15-41)36-30(35-28)47-24-9-8-20(17-22(24)32)48(44,45)31(2,3)21-6-5-7-23(26(21)33)40(42)43/h5-9,16-17,19,41H,10-15H2,1-4H3,(H2,34,35,36,37,38). The molecule has 17 heteroatoms. The van der Waals surface area contributed by atoms with Gasteiger partial charge in [0.05, 0.1) is 26.6 Å². The summed E-state index contributed by atoms with van der Waals surface area (Å²) in [5.74, 6) is -0.195. The number of hydrogen-bond acceptors (Lipinski definition) is 12.